The summed E-state index contributed by atoms with van der Waals surface area (Å²) < 4.78 is 4.33. The van der Waals surface area contributed by atoms with E-state index in [0.717, 1.165) is 22.7 Å². The molecule has 0 radical (unpaired) electrons. The smallest absolute Gasteiger partial charge is 0.158 e. The first kappa shape index (κ1) is 14.9. The number of halogens is 1. The van der Waals surface area contributed by atoms with Crippen LogP contribution in [0, 0.1) is 12.3 Å². The average Bonchev–Trinajstić information content (AvgIpc) is 2.88. The number of aryl methyl sites for hydroxylation is 2. The first-order valence-corrected chi connectivity index (χ1v) is 8.29. The first-order valence-electron chi connectivity index (χ1n) is 7.85. The third kappa shape index (κ3) is 2.48. The number of hydrogen-bond donors (Lipinski definition) is 0. The van der Waals surface area contributed by atoms with Gasteiger partial charge in [-0.05, 0) is 38.5 Å². The van der Waals surface area contributed by atoms with E-state index >= 15 is 0 Å². The molecule has 1 saturated carbocycles. The molecule has 0 saturated heterocycles. The van der Waals surface area contributed by atoms with E-state index in [9.17, 15) is 0 Å². The molecule has 2 aromatic rings. The number of nitrogens with zero attached hydrogens (tertiary/aromatic N) is 4. The molecule has 0 amide bonds. The second kappa shape index (κ2) is 5.01. The molecule has 1 fully saturated rings. The van der Waals surface area contributed by atoms with Crippen molar-refractivity contribution in [2.45, 2.75) is 64.8 Å². The molecule has 2 atom stereocenters. The van der Waals surface area contributed by atoms with Crippen molar-refractivity contribution in [1.82, 2.24) is 19.3 Å². The van der Waals surface area contributed by atoms with Crippen LogP contribution in [0.2, 0.25) is 0 Å². The van der Waals surface area contributed by atoms with Crippen molar-refractivity contribution in [1.29, 1.82) is 0 Å². The van der Waals surface area contributed by atoms with E-state index in [1.54, 1.807) is 0 Å². The lowest BCUT2D eigenvalue weighted by atomic mass is 9.75. The minimum absolute atomic E-state index is 0.0816. The molecule has 1 aliphatic carbocycles. The van der Waals surface area contributed by atoms with Gasteiger partial charge in [-0.25, -0.2) is 4.98 Å². The van der Waals surface area contributed by atoms with Gasteiger partial charge in [-0.1, -0.05) is 20.3 Å². The van der Waals surface area contributed by atoms with Gasteiger partial charge in [-0.2, -0.15) is 5.10 Å². The summed E-state index contributed by atoms with van der Waals surface area (Å²) in [6, 6.07) is 0.477. The van der Waals surface area contributed by atoms with Crippen LogP contribution in [0.4, 0.5) is 0 Å². The Hall–Kier alpha value is -1.03. The van der Waals surface area contributed by atoms with Gasteiger partial charge in [0.2, 0.25) is 0 Å². The molecular formula is C16H25ClN4. The summed E-state index contributed by atoms with van der Waals surface area (Å²) in [5, 5.41) is 4.45. The predicted octanol–water partition coefficient (Wildman–Crippen LogP) is 4.52. The van der Waals surface area contributed by atoms with Crippen LogP contribution in [0.3, 0.4) is 0 Å². The van der Waals surface area contributed by atoms with Crippen molar-refractivity contribution in [2.24, 2.45) is 12.5 Å². The monoisotopic (exact) mass is 308 g/mol. The van der Waals surface area contributed by atoms with Crippen molar-refractivity contribution in [2.75, 3.05) is 0 Å². The molecule has 0 aliphatic heterocycles. The lowest BCUT2D eigenvalue weighted by molar-refractivity contribution is 0.182. The summed E-state index contributed by atoms with van der Waals surface area (Å²) >= 11 is 6.42. The van der Waals surface area contributed by atoms with E-state index in [1.165, 1.54) is 25.7 Å². The minimum atomic E-state index is -0.0816. The normalized spacial score (nSPS) is 23.6. The lowest BCUT2D eigenvalue weighted by Gasteiger charge is -2.36. The number of alkyl halides is 1. The van der Waals surface area contributed by atoms with Crippen LogP contribution in [0.15, 0.2) is 0 Å². The van der Waals surface area contributed by atoms with Crippen LogP contribution >= 0.6 is 11.6 Å². The van der Waals surface area contributed by atoms with Gasteiger partial charge >= 0.3 is 0 Å². The second-order valence-electron chi connectivity index (χ2n) is 7.25. The number of rotatable bonds is 2. The lowest BCUT2D eigenvalue weighted by Crippen LogP contribution is -2.26. The van der Waals surface area contributed by atoms with E-state index < -0.39 is 0 Å². The highest BCUT2D eigenvalue weighted by Crippen LogP contribution is 2.43. The highest BCUT2D eigenvalue weighted by atomic mass is 35.5. The van der Waals surface area contributed by atoms with Gasteiger partial charge in [0.15, 0.2) is 5.65 Å². The molecule has 116 valence electrons. The Morgan fingerprint density at radius 2 is 2.10 bits per heavy atom. The highest BCUT2D eigenvalue weighted by molar-refractivity contribution is 6.20. The fourth-order valence-electron chi connectivity index (χ4n) is 3.83. The molecule has 2 heterocycles. The van der Waals surface area contributed by atoms with Gasteiger partial charge in [0.25, 0.3) is 0 Å². The molecule has 2 aromatic heterocycles. The zero-order valence-electron chi connectivity index (χ0n) is 13.6. The first-order chi connectivity index (χ1) is 9.80. The molecule has 1 aliphatic rings. The Morgan fingerprint density at radius 1 is 1.38 bits per heavy atom. The Bertz CT molecular complexity index is 665. The summed E-state index contributed by atoms with van der Waals surface area (Å²) in [5.41, 5.74) is 3.50. The van der Waals surface area contributed by atoms with E-state index in [1.807, 2.05) is 25.6 Å². The van der Waals surface area contributed by atoms with Crippen LogP contribution in [-0.2, 0) is 7.05 Å². The van der Waals surface area contributed by atoms with E-state index in [-0.39, 0.29) is 5.38 Å². The SMILES string of the molecule is Cc1nn(C)c2c1nc(C(C)Cl)n2C1CCCC(C)(C)C1. The summed E-state index contributed by atoms with van der Waals surface area (Å²) in [4.78, 5) is 4.80. The molecule has 3 rings (SSSR count). The van der Waals surface area contributed by atoms with Crippen molar-refractivity contribution < 1.29 is 0 Å². The highest BCUT2D eigenvalue weighted by Gasteiger charge is 2.33. The Kier molecular flexibility index (Phi) is 3.55. The standard InChI is InChI=1S/C16H25ClN4/c1-10(17)14-18-13-11(2)19-20(5)15(13)21(14)12-7-6-8-16(3,4)9-12/h10,12H,6-9H2,1-5H3. The Labute approximate surface area is 131 Å². The second-order valence-corrected chi connectivity index (χ2v) is 7.91. The van der Waals surface area contributed by atoms with Crippen LogP contribution in [-0.4, -0.2) is 19.3 Å². The Balaban J connectivity index is 2.17. The van der Waals surface area contributed by atoms with Gasteiger partial charge in [0, 0.05) is 13.1 Å². The molecule has 0 N–H and O–H groups in total. The molecule has 4 nitrogen and oxygen atoms in total. The molecule has 0 bridgehead atoms. The summed E-state index contributed by atoms with van der Waals surface area (Å²) in [6.07, 6.45) is 4.96. The van der Waals surface area contributed by atoms with E-state index in [4.69, 9.17) is 16.6 Å². The zero-order valence-corrected chi connectivity index (χ0v) is 14.4. The fraction of sp³-hybridized carbons (Fsp3) is 0.750. The third-order valence-corrected chi connectivity index (χ3v) is 4.96. The molecule has 5 heteroatoms. The minimum Gasteiger partial charge on any atom is -0.309 e. The molecule has 21 heavy (non-hydrogen) atoms. The maximum atomic E-state index is 6.42. The van der Waals surface area contributed by atoms with Gasteiger partial charge in [-0.3, -0.25) is 4.68 Å². The topological polar surface area (TPSA) is 35.6 Å². The van der Waals surface area contributed by atoms with Crippen molar-refractivity contribution >= 4 is 22.8 Å². The third-order valence-electron chi connectivity index (χ3n) is 4.76. The number of fused-ring (bicyclic) bond motifs is 1. The van der Waals surface area contributed by atoms with Crippen molar-refractivity contribution in [3.8, 4) is 0 Å². The molecule has 2 unspecified atom stereocenters. The average molecular weight is 309 g/mol. The zero-order chi connectivity index (χ0) is 15.4. The van der Waals surface area contributed by atoms with Crippen LogP contribution in [0.1, 0.15) is 69.4 Å². The van der Waals surface area contributed by atoms with E-state index in [2.05, 4.69) is 23.5 Å². The van der Waals surface area contributed by atoms with Crippen molar-refractivity contribution in [3.63, 3.8) is 0 Å². The largest absolute Gasteiger partial charge is 0.309 e. The molecule has 0 spiro atoms. The van der Waals surface area contributed by atoms with Gasteiger partial charge in [-0.15, -0.1) is 11.6 Å². The maximum absolute atomic E-state index is 6.42. The number of hydrogen-bond acceptors (Lipinski definition) is 2. The number of imidazole rings is 1. The van der Waals surface area contributed by atoms with Crippen molar-refractivity contribution in [3.05, 3.63) is 11.5 Å². The van der Waals surface area contributed by atoms with Gasteiger partial charge < -0.3 is 4.57 Å². The predicted molar refractivity (Wildman–Crippen MR) is 86.8 cm³/mol. The Morgan fingerprint density at radius 3 is 2.71 bits per heavy atom. The molecular weight excluding hydrogens is 284 g/mol. The molecule has 0 aromatic carbocycles. The van der Waals surface area contributed by atoms with Gasteiger partial charge in [0.05, 0.1) is 11.1 Å². The number of aromatic nitrogens is 4. The summed E-state index contributed by atoms with van der Waals surface area (Å²) in [6.45, 7) is 8.76. The summed E-state index contributed by atoms with van der Waals surface area (Å²) in [5.74, 6) is 0.991. The van der Waals surface area contributed by atoms with Crippen LogP contribution < -0.4 is 0 Å². The van der Waals surface area contributed by atoms with Crippen LogP contribution in [0.25, 0.3) is 11.2 Å². The fourth-order valence-corrected chi connectivity index (χ4v) is 3.99. The van der Waals surface area contributed by atoms with Gasteiger partial charge in [0.1, 0.15) is 11.3 Å². The van der Waals surface area contributed by atoms with Crippen LogP contribution in [0.5, 0.6) is 0 Å². The maximum Gasteiger partial charge on any atom is 0.158 e. The quantitative estimate of drug-likeness (QED) is 0.765. The summed E-state index contributed by atoms with van der Waals surface area (Å²) in [7, 11) is 2.00. The van der Waals surface area contributed by atoms with E-state index in [0.29, 0.717) is 11.5 Å².